The van der Waals surface area contributed by atoms with Crippen LogP contribution >= 0.6 is 34.8 Å². The Morgan fingerprint density at radius 3 is 2.15 bits per heavy atom. The van der Waals surface area contributed by atoms with Crippen molar-refractivity contribution in [3.8, 4) is 0 Å². The first kappa shape index (κ1) is 17.2. The molecule has 0 atom stereocenters. The molecule has 1 amide bonds. The maximum Gasteiger partial charge on any atom is 0.418 e. The van der Waals surface area contributed by atoms with Crippen LogP contribution in [0.5, 0.6) is 0 Å². The van der Waals surface area contributed by atoms with Crippen LogP contribution in [0.3, 0.4) is 0 Å². The van der Waals surface area contributed by atoms with Gasteiger partial charge in [0.25, 0.3) is 9.70 Å². The highest BCUT2D eigenvalue weighted by atomic mass is 35.6. The first-order valence-corrected chi connectivity index (χ1v) is 6.33. The predicted octanol–water partition coefficient (Wildman–Crippen LogP) is 4.08. The van der Waals surface area contributed by atoms with Gasteiger partial charge in [-0.3, -0.25) is 4.79 Å². The third-order valence-corrected chi connectivity index (χ3v) is 2.81. The maximum atomic E-state index is 12.9. The molecule has 0 spiro atoms. The smallest absolute Gasteiger partial charge is 0.377 e. The minimum Gasteiger partial charge on any atom is -0.377 e. The van der Waals surface area contributed by atoms with E-state index in [9.17, 15) is 18.0 Å². The molecule has 0 heterocycles. The number of anilines is 2. The number of amides is 1. The second kappa shape index (κ2) is 5.87. The fourth-order valence-electron chi connectivity index (χ4n) is 1.43. The van der Waals surface area contributed by atoms with Crippen molar-refractivity contribution in [1.82, 2.24) is 0 Å². The normalized spacial score (nSPS) is 12.2. The Morgan fingerprint density at radius 2 is 1.75 bits per heavy atom. The zero-order valence-electron chi connectivity index (χ0n) is 10.4. The molecule has 0 saturated carbocycles. The number of carbonyl (C=O) groups excluding carboxylic acids is 1. The van der Waals surface area contributed by atoms with E-state index in [0.717, 1.165) is 6.07 Å². The molecular weight excluding hydrogens is 339 g/mol. The lowest BCUT2D eigenvalue weighted by Gasteiger charge is -2.20. The van der Waals surface area contributed by atoms with Crippen LogP contribution in [0, 0.1) is 0 Å². The average molecular weight is 350 g/mol. The van der Waals surface area contributed by atoms with E-state index in [4.69, 9.17) is 34.8 Å². The van der Waals surface area contributed by atoms with Crippen molar-refractivity contribution in [3.63, 3.8) is 0 Å². The third kappa shape index (κ3) is 4.33. The fourth-order valence-corrected chi connectivity index (χ4v) is 1.57. The van der Waals surface area contributed by atoms with Gasteiger partial charge in [-0.2, -0.15) is 13.2 Å². The lowest BCUT2D eigenvalue weighted by atomic mass is 10.1. The molecular formula is C11H10Cl3F3N2O. The van der Waals surface area contributed by atoms with Crippen LogP contribution in [-0.4, -0.2) is 23.8 Å². The van der Waals surface area contributed by atoms with Crippen LogP contribution in [0.1, 0.15) is 5.56 Å². The van der Waals surface area contributed by atoms with Crippen LogP contribution in [0.2, 0.25) is 0 Å². The van der Waals surface area contributed by atoms with Crippen LogP contribution in [0.25, 0.3) is 0 Å². The Bertz CT molecular complexity index is 513. The highest BCUT2D eigenvalue weighted by molar-refractivity contribution is 6.76. The van der Waals surface area contributed by atoms with Crippen LogP contribution < -0.4 is 10.2 Å². The highest BCUT2D eigenvalue weighted by Gasteiger charge is 2.35. The molecule has 1 N–H and O–H groups in total. The summed E-state index contributed by atoms with van der Waals surface area (Å²) >= 11 is 16.0. The van der Waals surface area contributed by atoms with Gasteiger partial charge in [-0.1, -0.05) is 34.8 Å². The summed E-state index contributed by atoms with van der Waals surface area (Å²) in [5, 5.41) is 2.11. The Hall–Kier alpha value is -0.850. The van der Waals surface area contributed by atoms with E-state index in [-0.39, 0.29) is 11.4 Å². The molecule has 1 rings (SSSR count). The SMILES string of the molecule is CN(C)c1ccc(NC(=O)C(Cl)(Cl)Cl)cc1C(F)(F)F. The number of hydrogen-bond acceptors (Lipinski definition) is 2. The predicted molar refractivity (Wildman–Crippen MR) is 74.7 cm³/mol. The largest absolute Gasteiger partial charge is 0.418 e. The van der Waals surface area contributed by atoms with Crippen molar-refractivity contribution >= 4 is 52.1 Å². The lowest BCUT2D eigenvalue weighted by Crippen LogP contribution is -2.27. The summed E-state index contributed by atoms with van der Waals surface area (Å²) in [7, 11) is 2.95. The van der Waals surface area contributed by atoms with E-state index in [0.29, 0.717) is 0 Å². The summed E-state index contributed by atoms with van der Waals surface area (Å²) in [5.41, 5.74) is -1.05. The molecule has 0 aromatic heterocycles. The zero-order valence-corrected chi connectivity index (χ0v) is 12.6. The van der Waals surface area contributed by atoms with Crippen LogP contribution in [-0.2, 0) is 11.0 Å². The molecule has 0 radical (unpaired) electrons. The molecule has 0 unspecified atom stereocenters. The van der Waals surface area contributed by atoms with Crippen LogP contribution in [0.15, 0.2) is 18.2 Å². The second-order valence-electron chi connectivity index (χ2n) is 4.08. The van der Waals surface area contributed by atoms with Gasteiger partial charge in [0, 0.05) is 25.5 Å². The average Bonchev–Trinajstić information content (AvgIpc) is 2.26. The summed E-state index contributed by atoms with van der Waals surface area (Å²) in [6.45, 7) is 0. The number of nitrogens with zero attached hydrogens (tertiary/aromatic N) is 1. The number of benzene rings is 1. The van der Waals surface area contributed by atoms with Gasteiger partial charge in [0.05, 0.1) is 5.56 Å². The topological polar surface area (TPSA) is 32.3 Å². The van der Waals surface area contributed by atoms with Crippen molar-refractivity contribution < 1.29 is 18.0 Å². The van der Waals surface area contributed by atoms with Crippen molar-refractivity contribution in [2.45, 2.75) is 9.97 Å². The van der Waals surface area contributed by atoms with Gasteiger partial charge in [0.2, 0.25) is 0 Å². The molecule has 0 aliphatic heterocycles. The van der Waals surface area contributed by atoms with Crippen LogP contribution in [0.4, 0.5) is 24.5 Å². The van der Waals surface area contributed by atoms with E-state index in [1.54, 1.807) is 0 Å². The van der Waals surface area contributed by atoms with E-state index in [1.165, 1.54) is 31.1 Å². The molecule has 0 saturated heterocycles. The third-order valence-electron chi connectivity index (χ3n) is 2.30. The maximum absolute atomic E-state index is 12.9. The van der Waals surface area contributed by atoms with Crippen molar-refractivity contribution in [1.29, 1.82) is 0 Å². The number of carbonyl (C=O) groups is 1. The molecule has 3 nitrogen and oxygen atoms in total. The molecule has 0 aliphatic carbocycles. The highest BCUT2D eigenvalue weighted by Crippen LogP contribution is 2.38. The van der Waals surface area contributed by atoms with E-state index >= 15 is 0 Å². The van der Waals surface area contributed by atoms with Gasteiger partial charge in [0.1, 0.15) is 0 Å². The zero-order chi connectivity index (χ0) is 15.7. The molecule has 112 valence electrons. The second-order valence-corrected chi connectivity index (χ2v) is 6.36. The molecule has 1 aromatic carbocycles. The summed E-state index contributed by atoms with van der Waals surface area (Å²) in [4.78, 5) is 12.7. The standard InChI is InChI=1S/C11H10Cl3F3N2O/c1-19(2)8-4-3-6(5-7(8)11(15,16)17)18-9(20)10(12,13)14/h3-5H,1-2H3,(H,18,20). The Morgan fingerprint density at radius 1 is 1.20 bits per heavy atom. The first-order valence-electron chi connectivity index (χ1n) is 5.19. The van der Waals surface area contributed by atoms with Gasteiger partial charge in [0.15, 0.2) is 0 Å². The van der Waals surface area contributed by atoms with Crippen molar-refractivity contribution in [2.75, 3.05) is 24.3 Å². The summed E-state index contributed by atoms with van der Waals surface area (Å²) in [6.07, 6.45) is -4.57. The molecule has 0 fully saturated rings. The Kier molecular flexibility index (Phi) is 5.05. The lowest BCUT2D eigenvalue weighted by molar-refractivity contribution is -0.137. The summed E-state index contributed by atoms with van der Waals surface area (Å²) in [6, 6.07) is 3.29. The summed E-state index contributed by atoms with van der Waals surface area (Å²) < 4.78 is 36.6. The summed E-state index contributed by atoms with van der Waals surface area (Å²) in [5.74, 6) is -1.03. The van der Waals surface area contributed by atoms with Crippen molar-refractivity contribution in [3.05, 3.63) is 23.8 Å². The molecule has 20 heavy (non-hydrogen) atoms. The fraction of sp³-hybridized carbons (Fsp3) is 0.364. The molecule has 0 aliphatic rings. The quantitative estimate of drug-likeness (QED) is 0.816. The van der Waals surface area contributed by atoms with Gasteiger partial charge >= 0.3 is 6.18 Å². The number of nitrogens with one attached hydrogen (secondary N) is 1. The monoisotopic (exact) mass is 348 g/mol. The first-order chi connectivity index (χ1) is 8.93. The van der Waals surface area contributed by atoms with Gasteiger partial charge in [-0.15, -0.1) is 0 Å². The molecule has 0 bridgehead atoms. The minimum absolute atomic E-state index is 0.0376. The van der Waals surface area contributed by atoms with E-state index in [2.05, 4.69) is 5.32 Å². The Balaban J connectivity index is 3.18. The minimum atomic E-state index is -4.57. The number of rotatable bonds is 2. The number of alkyl halides is 6. The number of halogens is 6. The van der Waals surface area contributed by atoms with Crippen molar-refractivity contribution in [2.24, 2.45) is 0 Å². The molecule has 9 heteroatoms. The van der Waals surface area contributed by atoms with E-state index in [1.807, 2.05) is 0 Å². The van der Waals surface area contributed by atoms with Gasteiger partial charge < -0.3 is 10.2 Å². The van der Waals surface area contributed by atoms with Gasteiger partial charge in [-0.05, 0) is 18.2 Å². The number of hydrogen-bond donors (Lipinski definition) is 1. The van der Waals surface area contributed by atoms with Gasteiger partial charge in [-0.25, -0.2) is 0 Å². The molecule has 1 aromatic rings. The Labute approximate surface area is 128 Å². The van der Waals surface area contributed by atoms with E-state index < -0.39 is 21.4 Å².